The lowest BCUT2D eigenvalue weighted by atomic mass is 10.1. The molecule has 2 aromatic rings. The Kier molecular flexibility index (Phi) is 5.17. The van der Waals surface area contributed by atoms with Crippen molar-refractivity contribution >= 4 is 0 Å². The van der Waals surface area contributed by atoms with E-state index in [0.717, 1.165) is 12.0 Å². The largest absolute Gasteiger partial charge is 0.497 e. The molecule has 0 aliphatic carbocycles. The van der Waals surface area contributed by atoms with Gasteiger partial charge in [-0.15, -0.1) is 0 Å². The van der Waals surface area contributed by atoms with Crippen LogP contribution >= 0.6 is 0 Å². The lowest BCUT2D eigenvalue weighted by Crippen LogP contribution is -2.17. The summed E-state index contributed by atoms with van der Waals surface area (Å²) >= 11 is 0. The maximum Gasteiger partial charge on any atom is 0.133 e. The lowest BCUT2D eigenvalue weighted by Gasteiger charge is -2.10. The highest BCUT2D eigenvalue weighted by Crippen LogP contribution is 2.19. The number of methoxy groups -OCH3 is 1. The molecule has 0 aliphatic heterocycles. The molecule has 112 valence electrons. The van der Waals surface area contributed by atoms with Gasteiger partial charge < -0.3 is 15.2 Å². The summed E-state index contributed by atoms with van der Waals surface area (Å²) in [5.41, 5.74) is 7.41. The minimum absolute atomic E-state index is 0.130. The van der Waals surface area contributed by atoms with Crippen molar-refractivity contribution in [1.82, 2.24) is 0 Å². The van der Waals surface area contributed by atoms with Crippen molar-refractivity contribution in [2.45, 2.75) is 26.0 Å². The van der Waals surface area contributed by atoms with Crippen LogP contribution in [0.25, 0.3) is 0 Å². The standard InChI is InChI=1S/C17H20FNO2/c1-12(19)9-13-3-6-15(7-4-13)21-11-14-5-8-16(20-2)10-17(14)18/h3-8,10,12H,9,11,19H2,1-2H3. The van der Waals surface area contributed by atoms with Gasteiger partial charge in [-0.1, -0.05) is 12.1 Å². The molecular formula is C17H20FNO2. The number of ether oxygens (including phenoxy) is 2. The van der Waals surface area contributed by atoms with Crippen molar-refractivity contribution < 1.29 is 13.9 Å². The molecule has 4 heteroatoms. The predicted octanol–water partition coefficient (Wildman–Crippen LogP) is 3.30. The van der Waals surface area contributed by atoms with Crippen LogP contribution in [-0.4, -0.2) is 13.2 Å². The molecule has 0 amide bonds. The van der Waals surface area contributed by atoms with Crippen LogP contribution in [0, 0.1) is 5.82 Å². The third-order valence-corrected chi connectivity index (χ3v) is 3.14. The van der Waals surface area contributed by atoms with Crippen molar-refractivity contribution in [1.29, 1.82) is 0 Å². The Morgan fingerprint density at radius 3 is 2.33 bits per heavy atom. The maximum absolute atomic E-state index is 13.8. The number of nitrogens with two attached hydrogens (primary N) is 1. The van der Waals surface area contributed by atoms with E-state index in [4.69, 9.17) is 15.2 Å². The van der Waals surface area contributed by atoms with Crippen molar-refractivity contribution in [2.24, 2.45) is 5.73 Å². The maximum atomic E-state index is 13.8. The quantitative estimate of drug-likeness (QED) is 0.887. The summed E-state index contributed by atoms with van der Waals surface area (Å²) in [5, 5.41) is 0. The van der Waals surface area contributed by atoms with E-state index in [1.54, 1.807) is 12.1 Å². The van der Waals surface area contributed by atoms with Crippen LogP contribution < -0.4 is 15.2 Å². The average molecular weight is 289 g/mol. The molecule has 0 saturated carbocycles. The van der Waals surface area contributed by atoms with Crippen LogP contribution in [0.5, 0.6) is 11.5 Å². The second-order valence-electron chi connectivity index (χ2n) is 5.07. The van der Waals surface area contributed by atoms with E-state index >= 15 is 0 Å². The van der Waals surface area contributed by atoms with Gasteiger partial charge in [0.1, 0.15) is 23.9 Å². The normalized spacial score (nSPS) is 12.0. The van der Waals surface area contributed by atoms with E-state index in [2.05, 4.69) is 0 Å². The zero-order valence-corrected chi connectivity index (χ0v) is 12.3. The Labute approximate surface area is 124 Å². The number of hydrogen-bond donors (Lipinski definition) is 1. The van der Waals surface area contributed by atoms with Gasteiger partial charge in [0.2, 0.25) is 0 Å². The smallest absolute Gasteiger partial charge is 0.133 e. The first-order valence-electron chi connectivity index (χ1n) is 6.88. The highest BCUT2D eigenvalue weighted by Gasteiger charge is 2.05. The van der Waals surface area contributed by atoms with Gasteiger partial charge in [0.15, 0.2) is 0 Å². The van der Waals surface area contributed by atoms with E-state index in [9.17, 15) is 4.39 Å². The van der Waals surface area contributed by atoms with Gasteiger partial charge in [-0.05, 0) is 43.2 Å². The second-order valence-corrected chi connectivity index (χ2v) is 5.07. The van der Waals surface area contributed by atoms with Gasteiger partial charge in [-0.25, -0.2) is 4.39 Å². The van der Waals surface area contributed by atoms with E-state index in [1.165, 1.54) is 13.2 Å². The fraction of sp³-hybridized carbons (Fsp3) is 0.294. The molecule has 0 saturated heterocycles. The van der Waals surface area contributed by atoms with Gasteiger partial charge in [0.05, 0.1) is 7.11 Å². The monoisotopic (exact) mass is 289 g/mol. The summed E-state index contributed by atoms with van der Waals surface area (Å²) in [4.78, 5) is 0. The van der Waals surface area contributed by atoms with E-state index in [1.807, 2.05) is 31.2 Å². The Bertz CT molecular complexity index is 582. The van der Waals surface area contributed by atoms with Gasteiger partial charge in [0.25, 0.3) is 0 Å². The molecule has 1 atom stereocenters. The van der Waals surface area contributed by atoms with Crippen LogP contribution in [0.2, 0.25) is 0 Å². The van der Waals surface area contributed by atoms with Crippen LogP contribution in [-0.2, 0) is 13.0 Å². The summed E-state index contributed by atoms with van der Waals surface area (Å²) in [5.74, 6) is 0.873. The first kappa shape index (κ1) is 15.3. The first-order chi connectivity index (χ1) is 10.1. The van der Waals surface area contributed by atoms with Gasteiger partial charge >= 0.3 is 0 Å². The summed E-state index contributed by atoms with van der Waals surface area (Å²) in [6.45, 7) is 2.15. The molecule has 0 spiro atoms. The Morgan fingerprint density at radius 1 is 1.10 bits per heavy atom. The summed E-state index contributed by atoms with van der Waals surface area (Å²) in [6.07, 6.45) is 0.827. The van der Waals surface area contributed by atoms with E-state index in [0.29, 0.717) is 17.1 Å². The zero-order chi connectivity index (χ0) is 15.2. The van der Waals surface area contributed by atoms with E-state index in [-0.39, 0.29) is 18.5 Å². The first-order valence-corrected chi connectivity index (χ1v) is 6.88. The molecule has 3 nitrogen and oxygen atoms in total. The minimum atomic E-state index is -0.331. The highest BCUT2D eigenvalue weighted by atomic mass is 19.1. The summed E-state index contributed by atoms with van der Waals surface area (Å²) in [7, 11) is 1.51. The molecule has 21 heavy (non-hydrogen) atoms. The molecule has 0 aliphatic rings. The molecule has 0 bridgehead atoms. The van der Waals surface area contributed by atoms with Crippen LogP contribution in [0.15, 0.2) is 42.5 Å². The minimum Gasteiger partial charge on any atom is -0.497 e. The highest BCUT2D eigenvalue weighted by molar-refractivity contribution is 5.30. The van der Waals surface area contributed by atoms with Crippen LogP contribution in [0.1, 0.15) is 18.1 Å². The molecule has 2 rings (SSSR count). The summed E-state index contributed by atoms with van der Waals surface area (Å²) < 4.78 is 24.3. The number of rotatable bonds is 6. The Morgan fingerprint density at radius 2 is 1.76 bits per heavy atom. The molecule has 2 N–H and O–H groups in total. The van der Waals surface area contributed by atoms with Crippen molar-refractivity contribution in [3.8, 4) is 11.5 Å². The van der Waals surface area contributed by atoms with Crippen molar-refractivity contribution in [3.05, 3.63) is 59.4 Å². The van der Waals surface area contributed by atoms with Crippen molar-refractivity contribution in [3.63, 3.8) is 0 Å². The third kappa shape index (κ3) is 4.46. The molecular weight excluding hydrogens is 269 g/mol. The van der Waals surface area contributed by atoms with Gasteiger partial charge in [-0.2, -0.15) is 0 Å². The van der Waals surface area contributed by atoms with Crippen molar-refractivity contribution in [2.75, 3.05) is 7.11 Å². The van der Waals surface area contributed by atoms with Crippen LogP contribution in [0.4, 0.5) is 4.39 Å². The predicted molar refractivity (Wildman–Crippen MR) is 81.1 cm³/mol. The fourth-order valence-corrected chi connectivity index (χ4v) is 2.03. The lowest BCUT2D eigenvalue weighted by molar-refractivity contribution is 0.299. The SMILES string of the molecule is COc1ccc(COc2ccc(CC(C)N)cc2)c(F)c1. The second kappa shape index (κ2) is 7.09. The summed E-state index contributed by atoms with van der Waals surface area (Å²) in [6, 6.07) is 12.6. The molecule has 0 heterocycles. The third-order valence-electron chi connectivity index (χ3n) is 3.14. The van der Waals surface area contributed by atoms with Gasteiger partial charge in [-0.3, -0.25) is 0 Å². The Hall–Kier alpha value is -2.07. The molecule has 1 unspecified atom stereocenters. The number of halogens is 1. The molecule has 2 aromatic carbocycles. The fourth-order valence-electron chi connectivity index (χ4n) is 2.03. The number of benzene rings is 2. The number of hydrogen-bond acceptors (Lipinski definition) is 3. The molecule has 0 aromatic heterocycles. The topological polar surface area (TPSA) is 44.5 Å². The molecule has 0 fully saturated rings. The van der Waals surface area contributed by atoms with Crippen LogP contribution in [0.3, 0.4) is 0 Å². The van der Waals surface area contributed by atoms with Gasteiger partial charge in [0, 0.05) is 17.7 Å². The average Bonchev–Trinajstić information content (AvgIpc) is 2.47. The molecule has 0 radical (unpaired) electrons. The van der Waals surface area contributed by atoms with E-state index < -0.39 is 0 Å². The Balaban J connectivity index is 1.96. The zero-order valence-electron chi connectivity index (χ0n) is 12.3.